The number of hydrogen-bond donors (Lipinski definition) is 2. The van der Waals surface area contributed by atoms with Crippen LogP contribution in [0, 0.1) is 0 Å². The highest BCUT2D eigenvalue weighted by Crippen LogP contribution is 2.38. The third-order valence-corrected chi connectivity index (χ3v) is 4.26. The first kappa shape index (κ1) is 18.4. The van der Waals surface area contributed by atoms with Gasteiger partial charge in [-0.05, 0) is 37.6 Å². The number of amides is 2. The Labute approximate surface area is 156 Å². The molecule has 7 heteroatoms. The van der Waals surface area contributed by atoms with Crippen LogP contribution in [0.4, 0.5) is 5.69 Å². The second kappa shape index (κ2) is 7.11. The van der Waals surface area contributed by atoms with Gasteiger partial charge in [0.25, 0.3) is 5.91 Å². The number of carboxylic acids is 1. The quantitative estimate of drug-likeness (QED) is 0.844. The molecule has 1 aliphatic rings. The van der Waals surface area contributed by atoms with Crippen molar-refractivity contribution in [1.82, 2.24) is 5.32 Å². The molecule has 0 spiro atoms. The van der Waals surface area contributed by atoms with Crippen molar-refractivity contribution in [3.8, 4) is 5.75 Å². The highest BCUT2D eigenvalue weighted by Gasteiger charge is 2.41. The third kappa shape index (κ3) is 3.92. The summed E-state index contributed by atoms with van der Waals surface area (Å²) in [7, 11) is 0. The van der Waals surface area contributed by atoms with Gasteiger partial charge in [-0.3, -0.25) is 14.5 Å². The lowest BCUT2D eigenvalue weighted by Gasteiger charge is -2.38. The van der Waals surface area contributed by atoms with Crippen LogP contribution in [-0.2, 0) is 16.1 Å². The average Bonchev–Trinajstić information content (AvgIpc) is 2.64. The Morgan fingerprint density at radius 1 is 1.15 bits per heavy atom. The Morgan fingerprint density at radius 2 is 1.85 bits per heavy atom. The lowest BCUT2D eigenvalue weighted by atomic mass is 10.0. The first-order valence-electron chi connectivity index (χ1n) is 8.47. The van der Waals surface area contributed by atoms with Crippen LogP contribution in [0.3, 0.4) is 0 Å². The second-order valence-corrected chi connectivity index (χ2v) is 6.75. The van der Waals surface area contributed by atoms with Crippen molar-refractivity contribution in [3.05, 3.63) is 59.7 Å². The molecule has 0 radical (unpaired) electrons. The fourth-order valence-corrected chi connectivity index (χ4v) is 2.85. The van der Waals surface area contributed by atoms with Crippen LogP contribution >= 0.6 is 0 Å². The van der Waals surface area contributed by atoms with Crippen LogP contribution in [0.1, 0.15) is 29.8 Å². The van der Waals surface area contributed by atoms with Gasteiger partial charge in [0.1, 0.15) is 12.3 Å². The number of carboxylic acid groups (broad SMARTS) is 1. The number of hydrogen-bond acceptors (Lipinski definition) is 4. The number of fused-ring (bicyclic) bond motifs is 1. The minimum atomic E-state index is -1.16. The minimum absolute atomic E-state index is 0.0135. The molecular weight excluding hydrogens is 348 g/mol. The van der Waals surface area contributed by atoms with Crippen LogP contribution < -0.4 is 15.0 Å². The van der Waals surface area contributed by atoms with Gasteiger partial charge in [0.05, 0.1) is 11.3 Å². The average molecular weight is 368 g/mol. The van der Waals surface area contributed by atoms with Crippen molar-refractivity contribution in [2.24, 2.45) is 0 Å². The van der Waals surface area contributed by atoms with Crippen LogP contribution in [-0.4, -0.2) is 35.0 Å². The molecule has 0 bridgehead atoms. The topological polar surface area (TPSA) is 95.9 Å². The van der Waals surface area contributed by atoms with Crippen molar-refractivity contribution in [2.45, 2.75) is 26.0 Å². The number of ether oxygens (including phenoxy) is 1. The monoisotopic (exact) mass is 368 g/mol. The van der Waals surface area contributed by atoms with Crippen molar-refractivity contribution in [1.29, 1.82) is 0 Å². The van der Waals surface area contributed by atoms with Gasteiger partial charge in [0, 0.05) is 6.54 Å². The molecule has 2 amide bonds. The molecule has 140 valence electrons. The maximum absolute atomic E-state index is 12.8. The summed E-state index contributed by atoms with van der Waals surface area (Å²) in [5.41, 5.74) is 0.0685. The van der Waals surface area contributed by atoms with Gasteiger partial charge in [0.2, 0.25) is 5.91 Å². The Kier molecular flexibility index (Phi) is 4.85. The number of carbonyl (C=O) groups is 3. The Balaban J connectivity index is 1.82. The number of anilines is 1. The summed E-state index contributed by atoms with van der Waals surface area (Å²) >= 11 is 0. The van der Waals surface area contributed by atoms with E-state index in [1.807, 2.05) is 30.3 Å². The summed E-state index contributed by atoms with van der Waals surface area (Å²) in [4.78, 5) is 37.7. The zero-order valence-corrected chi connectivity index (χ0v) is 15.1. The standard InChI is InChI=1S/C20H20N2O5/c1-20(2)19(26)22(12-17(23)21-11-13-6-4-3-5-7-13)15-10-14(18(24)25)8-9-16(15)27-20/h3-10H,11-12H2,1-2H3,(H,21,23)(H,24,25). The zero-order valence-electron chi connectivity index (χ0n) is 15.1. The molecule has 0 fully saturated rings. The van der Waals surface area contributed by atoms with Gasteiger partial charge in [-0.1, -0.05) is 30.3 Å². The van der Waals surface area contributed by atoms with E-state index in [4.69, 9.17) is 4.74 Å². The van der Waals surface area contributed by atoms with E-state index >= 15 is 0 Å². The molecule has 0 aromatic heterocycles. The Bertz CT molecular complexity index is 893. The van der Waals surface area contributed by atoms with Gasteiger partial charge < -0.3 is 15.2 Å². The minimum Gasteiger partial charge on any atom is -0.478 e. The summed E-state index contributed by atoms with van der Waals surface area (Å²) < 4.78 is 5.69. The molecule has 0 unspecified atom stereocenters. The lowest BCUT2D eigenvalue weighted by Crippen LogP contribution is -2.55. The maximum atomic E-state index is 12.8. The first-order valence-corrected chi connectivity index (χ1v) is 8.47. The predicted octanol–water partition coefficient (Wildman–Crippen LogP) is 2.21. The van der Waals surface area contributed by atoms with Crippen LogP contribution in [0.25, 0.3) is 0 Å². The summed E-state index contributed by atoms with van der Waals surface area (Å²) in [5.74, 6) is -1.52. The summed E-state index contributed by atoms with van der Waals surface area (Å²) in [5, 5.41) is 12.0. The van der Waals surface area contributed by atoms with E-state index in [-0.39, 0.29) is 23.7 Å². The zero-order chi connectivity index (χ0) is 19.6. The highest BCUT2D eigenvalue weighted by atomic mass is 16.5. The van der Waals surface area contributed by atoms with Gasteiger partial charge in [-0.25, -0.2) is 4.79 Å². The molecule has 0 saturated carbocycles. The Morgan fingerprint density at radius 3 is 2.52 bits per heavy atom. The third-order valence-electron chi connectivity index (χ3n) is 4.26. The molecule has 1 aliphatic heterocycles. The number of rotatable bonds is 5. The molecule has 1 heterocycles. The number of nitrogens with one attached hydrogen (secondary N) is 1. The molecule has 2 aromatic carbocycles. The molecule has 0 saturated heterocycles. The van der Waals surface area contributed by atoms with E-state index in [1.54, 1.807) is 13.8 Å². The van der Waals surface area contributed by atoms with Crippen molar-refractivity contribution >= 4 is 23.5 Å². The summed E-state index contributed by atoms with van der Waals surface area (Å²) in [6, 6.07) is 13.7. The smallest absolute Gasteiger partial charge is 0.335 e. The van der Waals surface area contributed by atoms with Gasteiger partial charge >= 0.3 is 5.97 Å². The van der Waals surface area contributed by atoms with E-state index in [1.165, 1.54) is 23.1 Å². The van der Waals surface area contributed by atoms with Crippen LogP contribution in [0.2, 0.25) is 0 Å². The van der Waals surface area contributed by atoms with Crippen molar-refractivity contribution < 1.29 is 24.2 Å². The predicted molar refractivity (Wildman–Crippen MR) is 98.8 cm³/mol. The number of aromatic carboxylic acids is 1. The first-order chi connectivity index (χ1) is 12.8. The van der Waals surface area contributed by atoms with E-state index in [2.05, 4.69) is 5.32 Å². The van der Waals surface area contributed by atoms with Crippen LogP contribution in [0.15, 0.2) is 48.5 Å². The van der Waals surface area contributed by atoms with Crippen molar-refractivity contribution in [3.63, 3.8) is 0 Å². The molecule has 0 atom stereocenters. The number of benzene rings is 2. The Hall–Kier alpha value is -3.35. The molecule has 2 aromatic rings. The second-order valence-electron chi connectivity index (χ2n) is 6.75. The van der Waals surface area contributed by atoms with E-state index in [0.29, 0.717) is 12.3 Å². The fraction of sp³-hybridized carbons (Fsp3) is 0.250. The largest absolute Gasteiger partial charge is 0.478 e. The molecular formula is C20H20N2O5. The number of nitrogens with zero attached hydrogens (tertiary/aromatic N) is 1. The molecule has 7 nitrogen and oxygen atoms in total. The lowest BCUT2D eigenvalue weighted by molar-refractivity contribution is -0.134. The molecule has 2 N–H and O–H groups in total. The van der Waals surface area contributed by atoms with Crippen LogP contribution in [0.5, 0.6) is 5.75 Å². The number of carbonyl (C=O) groups excluding carboxylic acids is 2. The van der Waals surface area contributed by atoms with E-state index in [9.17, 15) is 19.5 Å². The van der Waals surface area contributed by atoms with E-state index in [0.717, 1.165) is 5.56 Å². The van der Waals surface area contributed by atoms with Gasteiger partial charge in [-0.2, -0.15) is 0 Å². The SMILES string of the molecule is CC1(C)Oc2ccc(C(=O)O)cc2N(CC(=O)NCc2ccccc2)C1=O. The molecule has 3 rings (SSSR count). The molecule has 0 aliphatic carbocycles. The van der Waals surface area contributed by atoms with Gasteiger partial charge in [0.15, 0.2) is 5.60 Å². The summed E-state index contributed by atoms with van der Waals surface area (Å²) in [6.45, 7) is 3.33. The highest BCUT2D eigenvalue weighted by molar-refractivity contribution is 6.06. The maximum Gasteiger partial charge on any atom is 0.335 e. The van der Waals surface area contributed by atoms with Gasteiger partial charge in [-0.15, -0.1) is 0 Å². The van der Waals surface area contributed by atoms with Crippen molar-refractivity contribution in [2.75, 3.05) is 11.4 Å². The summed E-state index contributed by atoms with van der Waals surface area (Å²) in [6.07, 6.45) is 0. The molecule has 27 heavy (non-hydrogen) atoms. The fourth-order valence-electron chi connectivity index (χ4n) is 2.85. The van der Waals surface area contributed by atoms with E-state index < -0.39 is 17.5 Å². The normalized spacial score (nSPS) is 14.9.